The highest BCUT2D eigenvalue weighted by molar-refractivity contribution is 7.10. The van der Waals surface area contributed by atoms with Gasteiger partial charge < -0.3 is 11.5 Å². The van der Waals surface area contributed by atoms with Crippen LogP contribution in [0.5, 0.6) is 0 Å². The second kappa shape index (κ2) is 12.7. The minimum Gasteiger partial charge on any atom is -0.381 e. The van der Waals surface area contributed by atoms with E-state index in [9.17, 15) is 9.59 Å². The van der Waals surface area contributed by atoms with Gasteiger partial charge in [-0.2, -0.15) is 5.10 Å². The molecule has 0 fully saturated rings. The fourth-order valence-electron chi connectivity index (χ4n) is 4.04. The molecule has 0 aliphatic heterocycles. The number of aromatic nitrogens is 5. The molecule has 41 heavy (non-hydrogen) atoms. The highest BCUT2D eigenvalue weighted by atomic mass is 32.1. The van der Waals surface area contributed by atoms with Gasteiger partial charge >= 0.3 is 0 Å². The number of hydrogen-bond donors (Lipinski definition) is 2. The molecule has 2 aromatic carbocycles. The smallest absolute Gasteiger partial charge is 0.267 e. The van der Waals surface area contributed by atoms with Gasteiger partial charge in [-0.3, -0.25) is 14.2 Å². The van der Waals surface area contributed by atoms with Gasteiger partial charge in [-0.15, -0.1) is 11.3 Å². The summed E-state index contributed by atoms with van der Waals surface area (Å²) in [5, 5.41) is 7.08. The number of benzene rings is 2. The number of allylic oxidation sites excluding steroid dienone is 1. The number of nitrogens with zero attached hydrogens (tertiary/aromatic N) is 6. The number of anilines is 1. The van der Waals surface area contributed by atoms with Gasteiger partial charge in [-0.1, -0.05) is 49.8 Å². The predicted octanol–water partition coefficient (Wildman–Crippen LogP) is 4.10. The number of aryl methyl sites for hydroxylation is 3. The van der Waals surface area contributed by atoms with Crippen molar-refractivity contribution in [2.45, 2.75) is 20.3 Å². The number of aliphatic imine (C=N–C) groups is 1. The van der Waals surface area contributed by atoms with Crippen LogP contribution in [0.3, 0.4) is 0 Å². The number of carbonyl (C=O) groups is 1. The summed E-state index contributed by atoms with van der Waals surface area (Å²) in [4.78, 5) is 37.4. The summed E-state index contributed by atoms with van der Waals surface area (Å²) < 4.78 is 3.07. The molecule has 11 heteroatoms. The first kappa shape index (κ1) is 28.7. The van der Waals surface area contributed by atoms with Crippen LogP contribution in [0.1, 0.15) is 39.4 Å². The molecule has 0 saturated heterocycles. The molecular weight excluding hydrogens is 536 g/mol. The molecule has 5 rings (SSSR count). The van der Waals surface area contributed by atoms with Crippen molar-refractivity contribution < 1.29 is 4.79 Å². The predicted molar refractivity (Wildman–Crippen MR) is 164 cm³/mol. The molecule has 0 aliphatic rings. The minimum atomic E-state index is -0.646. The molecule has 1 amide bonds. The minimum absolute atomic E-state index is 0.0798. The fourth-order valence-corrected chi connectivity index (χ4v) is 4.68. The van der Waals surface area contributed by atoms with Crippen molar-refractivity contribution in [2.24, 2.45) is 17.8 Å². The molecule has 0 aliphatic carbocycles. The van der Waals surface area contributed by atoms with Crippen molar-refractivity contribution in [3.05, 3.63) is 105 Å². The standard InChI is InChI=1S/C22H17N3OS.C8H11N5O/c1-3-19-24-18-11-7-8-16(12-13-20-23-15(2)14-27-20)21(18)22(26)25(19)17-9-5-4-6-10-17;1-3-4-11-8-5(7(10)14)6(9)12-13(8)2/h4-11,14H,3H2,1-2H3;3-4H,1H2,2H3,(H2,9,12)(H2,10,14)/b;11-4-. The van der Waals surface area contributed by atoms with Crippen LogP contribution in [-0.4, -0.2) is 36.4 Å². The van der Waals surface area contributed by atoms with Crippen molar-refractivity contribution in [1.29, 1.82) is 0 Å². The summed E-state index contributed by atoms with van der Waals surface area (Å²) in [6.07, 6.45) is 3.57. The third-order valence-corrected chi connectivity index (χ3v) is 6.69. The number of fused-ring (bicyclic) bond motifs is 1. The lowest BCUT2D eigenvalue weighted by Gasteiger charge is -2.13. The van der Waals surface area contributed by atoms with Crippen molar-refractivity contribution in [1.82, 2.24) is 24.3 Å². The van der Waals surface area contributed by atoms with E-state index in [1.54, 1.807) is 11.6 Å². The lowest BCUT2D eigenvalue weighted by Crippen LogP contribution is -2.24. The Morgan fingerprint density at radius 2 is 1.90 bits per heavy atom. The Hall–Kier alpha value is -5.34. The molecule has 10 nitrogen and oxygen atoms in total. The maximum absolute atomic E-state index is 13.4. The highest BCUT2D eigenvalue weighted by Gasteiger charge is 2.17. The number of nitrogen functional groups attached to an aromatic ring is 1. The van der Waals surface area contributed by atoms with Crippen LogP contribution in [0.2, 0.25) is 0 Å². The van der Waals surface area contributed by atoms with Crippen LogP contribution in [-0.2, 0) is 13.5 Å². The van der Waals surface area contributed by atoms with E-state index in [2.05, 4.69) is 33.5 Å². The zero-order chi connectivity index (χ0) is 29.5. The Balaban J connectivity index is 0.000000234. The molecule has 5 aromatic rings. The molecular formula is C30H28N8O2S. The third-order valence-electron chi connectivity index (χ3n) is 5.81. The summed E-state index contributed by atoms with van der Waals surface area (Å²) in [5.41, 5.74) is 13.7. The Morgan fingerprint density at radius 3 is 2.54 bits per heavy atom. The average molecular weight is 565 g/mol. The van der Waals surface area contributed by atoms with E-state index in [0.717, 1.165) is 22.2 Å². The van der Waals surface area contributed by atoms with E-state index in [1.807, 2.05) is 67.8 Å². The normalized spacial score (nSPS) is 10.6. The number of primary amides is 1. The Morgan fingerprint density at radius 1 is 1.15 bits per heavy atom. The van der Waals surface area contributed by atoms with Gasteiger partial charge in [0.05, 0.1) is 16.6 Å². The number of thiazole rings is 1. The molecule has 0 radical (unpaired) electrons. The lowest BCUT2D eigenvalue weighted by atomic mass is 10.1. The van der Waals surface area contributed by atoms with Crippen molar-refractivity contribution in [3.63, 3.8) is 0 Å². The number of amides is 1. The van der Waals surface area contributed by atoms with Gasteiger partial charge in [0.2, 0.25) is 0 Å². The van der Waals surface area contributed by atoms with Crippen molar-refractivity contribution >= 4 is 46.0 Å². The number of rotatable bonds is 5. The third kappa shape index (κ3) is 6.29. The molecule has 3 aromatic heterocycles. The van der Waals surface area contributed by atoms with Gasteiger partial charge in [0.1, 0.15) is 11.4 Å². The number of hydrogen-bond acceptors (Lipinski definition) is 8. The van der Waals surface area contributed by atoms with E-state index in [4.69, 9.17) is 16.5 Å². The van der Waals surface area contributed by atoms with Crippen LogP contribution in [0.15, 0.2) is 76.4 Å². The van der Waals surface area contributed by atoms with Crippen LogP contribution in [0.25, 0.3) is 16.6 Å². The lowest BCUT2D eigenvalue weighted by molar-refractivity contribution is 0.100. The average Bonchev–Trinajstić information content (AvgIpc) is 3.51. The van der Waals surface area contributed by atoms with Crippen LogP contribution >= 0.6 is 11.3 Å². The Kier molecular flexibility index (Phi) is 8.86. The topological polar surface area (TPSA) is 147 Å². The molecule has 3 heterocycles. The van der Waals surface area contributed by atoms with E-state index < -0.39 is 5.91 Å². The van der Waals surface area contributed by atoms with E-state index >= 15 is 0 Å². The summed E-state index contributed by atoms with van der Waals surface area (Å²) in [5.74, 6) is 6.69. The molecule has 0 spiro atoms. The quantitative estimate of drug-likeness (QED) is 0.243. The Bertz CT molecular complexity index is 1890. The maximum atomic E-state index is 13.4. The van der Waals surface area contributed by atoms with Crippen LogP contribution in [0.4, 0.5) is 11.6 Å². The van der Waals surface area contributed by atoms with Crippen LogP contribution < -0.4 is 17.0 Å². The maximum Gasteiger partial charge on any atom is 0.267 e. The monoisotopic (exact) mass is 564 g/mol. The molecule has 0 saturated carbocycles. The first-order valence-electron chi connectivity index (χ1n) is 12.6. The fraction of sp³-hybridized carbons (Fsp3) is 0.133. The SMILES string of the molecule is C=C/C=N\c1c(C(N)=O)c(N)nn1C.CCc1nc2cccc(C#Cc3nc(C)cs3)c2c(=O)n1-c1ccccc1. The number of nitrogens with two attached hydrogens (primary N) is 2. The van der Waals surface area contributed by atoms with E-state index in [1.165, 1.54) is 28.3 Å². The van der Waals surface area contributed by atoms with Gasteiger partial charge in [0.25, 0.3) is 11.5 Å². The number of para-hydroxylation sites is 1. The Labute approximate surface area is 240 Å². The summed E-state index contributed by atoms with van der Waals surface area (Å²) in [7, 11) is 1.62. The second-order valence-electron chi connectivity index (χ2n) is 8.69. The first-order chi connectivity index (χ1) is 19.7. The van der Waals surface area contributed by atoms with Gasteiger partial charge in [0, 0.05) is 36.3 Å². The molecule has 0 atom stereocenters. The molecule has 0 bridgehead atoms. The largest absolute Gasteiger partial charge is 0.381 e. The van der Waals surface area contributed by atoms with Crippen molar-refractivity contribution in [3.8, 4) is 17.5 Å². The summed E-state index contributed by atoms with van der Waals surface area (Å²) in [6.45, 7) is 7.40. The number of carbonyl (C=O) groups excluding carboxylic acids is 1. The zero-order valence-corrected chi connectivity index (χ0v) is 23.6. The van der Waals surface area contributed by atoms with E-state index in [0.29, 0.717) is 28.7 Å². The zero-order valence-electron chi connectivity index (χ0n) is 22.8. The summed E-state index contributed by atoms with van der Waals surface area (Å²) >= 11 is 1.50. The molecule has 4 N–H and O–H groups in total. The summed E-state index contributed by atoms with van der Waals surface area (Å²) in [6, 6.07) is 15.2. The molecule has 206 valence electrons. The van der Waals surface area contributed by atoms with Gasteiger partial charge in [-0.25, -0.2) is 19.6 Å². The van der Waals surface area contributed by atoms with Gasteiger partial charge in [0.15, 0.2) is 16.6 Å². The van der Waals surface area contributed by atoms with Crippen LogP contribution in [0, 0.1) is 18.8 Å². The highest BCUT2D eigenvalue weighted by Crippen LogP contribution is 2.23. The molecule has 0 unspecified atom stereocenters. The van der Waals surface area contributed by atoms with E-state index in [-0.39, 0.29) is 16.9 Å². The first-order valence-corrected chi connectivity index (χ1v) is 13.4. The second-order valence-corrected chi connectivity index (χ2v) is 9.55. The van der Waals surface area contributed by atoms with Gasteiger partial charge in [-0.05, 0) is 37.1 Å². The van der Waals surface area contributed by atoms with Crippen molar-refractivity contribution in [2.75, 3.05) is 5.73 Å².